The zero-order chi connectivity index (χ0) is 14.0. The van der Waals surface area contributed by atoms with Crippen molar-refractivity contribution in [2.24, 2.45) is 0 Å². The summed E-state index contributed by atoms with van der Waals surface area (Å²) in [6.45, 7) is 0.0811. The van der Waals surface area contributed by atoms with Crippen LogP contribution in [0.4, 0.5) is 18.9 Å². The maximum atomic E-state index is 13.3. The van der Waals surface area contributed by atoms with E-state index in [1.165, 1.54) is 6.07 Å². The molecule has 100 valence electrons. The summed E-state index contributed by atoms with van der Waals surface area (Å²) in [6, 6.07) is 4.25. The fourth-order valence-corrected chi connectivity index (χ4v) is 2.24. The topological polar surface area (TPSA) is 49.3 Å². The molecule has 3 nitrogen and oxygen atoms in total. The Morgan fingerprint density at radius 2 is 2.00 bits per heavy atom. The van der Waals surface area contributed by atoms with Crippen molar-refractivity contribution in [3.05, 3.63) is 51.5 Å². The van der Waals surface area contributed by atoms with Crippen LogP contribution in [-0.2, 0) is 6.54 Å². The molecular formula is C12H8F3NO2S. The third-order valence-corrected chi connectivity index (χ3v) is 3.39. The molecule has 7 heteroatoms. The van der Waals surface area contributed by atoms with Crippen LogP contribution in [-0.4, -0.2) is 11.1 Å². The fourth-order valence-electron chi connectivity index (χ4n) is 1.45. The highest BCUT2D eigenvalue weighted by molar-refractivity contribution is 7.13. The van der Waals surface area contributed by atoms with E-state index < -0.39 is 23.4 Å². The molecule has 0 saturated heterocycles. The second-order valence-electron chi connectivity index (χ2n) is 3.67. The van der Waals surface area contributed by atoms with Gasteiger partial charge in [-0.05, 0) is 12.1 Å². The molecule has 1 heterocycles. The van der Waals surface area contributed by atoms with Crippen molar-refractivity contribution in [3.63, 3.8) is 0 Å². The first-order valence-electron chi connectivity index (χ1n) is 5.18. The van der Waals surface area contributed by atoms with E-state index in [-0.39, 0.29) is 17.1 Å². The van der Waals surface area contributed by atoms with Gasteiger partial charge in [-0.25, -0.2) is 18.0 Å². The Labute approximate surface area is 110 Å². The van der Waals surface area contributed by atoms with Gasteiger partial charge in [0.1, 0.15) is 10.7 Å². The van der Waals surface area contributed by atoms with Gasteiger partial charge in [-0.15, -0.1) is 11.3 Å². The van der Waals surface area contributed by atoms with Gasteiger partial charge in [0, 0.05) is 23.6 Å². The number of anilines is 1. The summed E-state index contributed by atoms with van der Waals surface area (Å²) in [6.07, 6.45) is 0. The van der Waals surface area contributed by atoms with Crippen LogP contribution in [0.15, 0.2) is 24.3 Å². The van der Waals surface area contributed by atoms with Crippen molar-refractivity contribution in [2.45, 2.75) is 6.54 Å². The van der Waals surface area contributed by atoms with Gasteiger partial charge in [-0.3, -0.25) is 0 Å². The lowest BCUT2D eigenvalue weighted by Crippen LogP contribution is -2.02. The van der Waals surface area contributed by atoms with Crippen LogP contribution in [0.3, 0.4) is 0 Å². The molecule has 0 spiro atoms. The first kappa shape index (κ1) is 13.4. The van der Waals surface area contributed by atoms with Crippen molar-refractivity contribution in [1.29, 1.82) is 0 Å². The number of carboxylic acids is 1. The second-order valence-corrected chi connectivity index (χ2v) is 4.84. The van der Waals surface area contributed by atoms with Crippen molar-refractivity contribution >= 4 is 23.0 Å². The lowest BCUT2D eigenvalue weighted by Gasteiger charge is -2.07. The number of rotatable bonds is 4. The van der Waals surface area contributed by atoms with Gasteiger partial charge in [0.25, 0.3) is 0 Å². The molecule has 0 atom stereocenters. The molecule has 2 N–H and O–H groups in total. The van der Waals surface area contributed by atoms with E-state index in [9.17, 15) is 18.0 Å². The maximum Gasteiger partial charge on any atom is 0.345 e. The number of hydrogen-bond donors (Lipinski definition) is 2. The molecule has 1 aromatic heterocycles. The van der Waals surface area contributed by atoms with E-state index in [4.69, 9.17) is 5.11 Å². The Balaban J connectivity index is 2.12. The number of benzene rings is 1. The molecule has 0 fully saturated rings. The highest BCUT2D eigenvalue weighted by atomic mass is 32.1. The van der Waals surface area contributed by atoms with Gasteiger partial charge >= 0.3 is 5.97 Å². The molecule has 0 aliphatic carbocycles. The van der Waals surface area contributed by atoms with Crippen LogP contribution in [0, 0.1) is 17.5 Å². The molecule has 0 unspecified atom stereocenters. The standard InChI is InChI=1S/C12H8F3NO2S/c13-6-3-8(14)11(15)9(4-6)16-5-7-1-2-10(19-7)12(17)18/h1-4,16H,5H2,(H,17,18). The van der Waals surface area contributed by atoms with Crippen molar-refractivity contribution in [1.82, 2.24) is 0 Å². The van der Waals surface area contributed by atoms with Crippen molar-refractivity contribution < 1.29 is 23.1 Å². The van der Waals surface area contributed by atoms with Crippen LogP contribution < -0.4 is 5.32 Å². The Morgan fingerprint density at radius 3 is 2.63 bits per heavy atom. The molecule has 0 radical (unpaired) electrons. The lowest BCUT2D eigenvalue weighted by atomic mass is 10.2. The SMILES string of the molecule is O=C(O)c1ccc(CNc2cc(F)cc(F)c2F)s1. The summed E-state index contributed by atoms with van der Waals surface area (Å²) in [7, 11) is 0. The third-order valence-electron chi connectivity index (χ3n) is 2.32. The van der Waals surface area contributed by atoms with E-state index >= 15 is 0 Å². The number of nitrogens with one attached hydrogen (secondary N) is 1. The van der Waals surface area contributed by atoms with Crippen LogP contribution in [0.25, 0.3) is 0 Å². The number of carboxylic acid groups (broad SMARTS) is 1. The minimum atomic E-state index is -1.28. The molecule has 0 saturated carbocycles. The van der Waals surface area contributed by atoms with Crippen LogP contribution in [0.2, 0.25) is 0 Å². The first-order chi connectivity index (χ1) is 8.97. The molecular weight excluding hydrogens is 279 g/mol. The van der Waals surface area contributed by atoms with Gasteiger partial charge in [-0.2, -0.15) is 0 Å². The number of thiophene rings is 1. The Hall–Kier alpha value is -2.02. The summed E-state index contributed by atoms with van der Waals surface area (Å²) >= 11 is 1.00. The monoisotopic (exact) mass is 287 g/mol. The van der Waals surface area contributed by atoms with Crippen LogP contribution >= 0.6 is 11.3 Å². The number of aromatic carboxylic acids is 1. The summed E-state index contributed by atoms with van der Waals surface area (Å²) in [4.78, 5) is 11.4. The van der Waals surface area contributed by atoms with E-state index in [0.717, 1.165) is 17.4 Å². The van der Waals surface area contributed by atoms with E-state index in [2.05, 4.69) is 5.32 Å². The molecule has 2 aromatic rings. The molecule has 19 heavy (non-hydrogen) atoms. The van der Waals surface area contributed by atoms with Gasteiger partial charge in [-0.1, -0.05) is 0 Å². The predicted molar refractivity (Wildman–Crippen MR) is 64.9 cm³/mol. The van der Waals surface area contributed by atoms with Crippen LogP contribution in [0.5, 0.6) is 0 Å². The lowest BCUT2D eigenvalue weighted by molar-refractivity contribution is 0.0702. The molecule has 0 aliphatic heterocycles. The van der Waals surface area contributed by atoms with Crippen LogP contribution in [0.1, 0.15) is 14.5 Å². The first-order valence-corrected chi connectivity index (χ1v) is 5.99. The maximum absolute atomic E-state index is 13.3. The average molecular weight is 287 g/mol. The van der Waals surface area contributed by atoms with Crippen molar-refractivity contribution in [3.8, 4) is 0 Å². The zero-order valence-corrected chi connectivity index (χ0v) is 10.2. The second kappa shape index (κ2) is 5.31. The highest BCUT2D eigenvalue weighted by Gasteiger charge is 2.12. The zero-order valence-electron chi connectivity index (χ0n) is 9.41. The minimum absolute atomic E-state index is 0.0811. The Morgan fingerprint density at radius 1 is 1.26 bits per heavy atom. The van der Waals surface area contributed by atoms with Crippen molar-refractivity contribution in [2.75, 3.05) is 5.32 Å². The van der Waals surface area contributed by atoms with E-state index in [1.807, 2.05) is 0 Å². The molecule has 1 aromatic carbocycles. The summed E-state index contributed by atoms with van der Waals surface area (Å²) in [5, 5.41) is 11.3. The normalized spacial score (nSPS) is 10.5. The van der Waals surface area contributed by atoms with Gasteiger partial charge in [0.15, 0.2) is 11.6 Å². The summed E-state index contributed by atoms with van der Waals surface area (Å²) < 4.78 is 39.2. The van der Waals surface area contributed by atoms with Gasteiger partial charge in [0.05, 0.1) is 5.69 Å². The Bertz CT molecular complexity index is 627. The predicted octanol–water partition coefficient (Wildman–Crippen LogP) is 3.48. The molecule has 0 aliphatic rings. The number of carbonyl (C=O) groups is 1. The highest BCUT2D eigenvalue weighted by Crippen LogP contribution is 2.22. The van der Waals surface area contributed by atoms with Gasteiger partial charge in [0.2, 0.25) is 0 Å². The Kier molecular flexibility index (Phi) is 3.75. The fraction of sp³-hybridized carbons (Fsp3) is 0.0833. The average Bonchev–Trinajstić information content (AvgIpc) is 2.81. The largest absolute Gasteiger partial charge is 0.477 e. The number of hydrogen-bond acceptors (Lipinski definition) is 3. The quantitative estimate of drug-likeness (QED) is 0.846. The minimum Gasteiger partial charge on any atom is -0.477 e. The summed E-state index contributed by atoms with van der Waals surface area (Å²) in [5.41, 5.74) is -0.303. The van der Waals surface area contributed by atoms with E-state index in [1.54, 1.807) is 6.07 Å². The summed E-state index contributed by atoms with van der Waals surface area (Å²) in [5.74, 6) is -4.39. The molecule has 2 rings (SSSR count). The van der Waals surface area contributed by atoms with Gasteiger partial charge < -0.3 is 10.4 Å². The molecule has 0 bridgehead atoms. The number of halogens is 3. The van der Waals surface area contributed by atoms with E-state index in [0.29, 0.717) is 10.9 Å². The third kappa shape index (κ3) is 3.05. The smallest absolute Gasteiger partial charge is 0.345 e. The molecule has 0 amide bonds.